The number of hydrogen-bond donors (Lipinski definition) is 2. The molecule has 16 heavy (non-hydrogen) atoms. The summed E-state index contributed by atoms with van der Waals surface area (Å²) in [5, 5.41) is 12.2. The van der Waals surface area contributed by atoms with Gasteiger partial charge in [-0.1, -0.05) is 12.1 Å². The minimum Gasteiger partial charge on any atom is -0.396 e. The Balaban J connectivity index is 2.57. The molecule has 3 heteroatoms. The van der Waals surface area contributed by atoms with Gasteiger partial charge in [0.1, 0.15) is 5.82 Å². The molecule has 0 bridgehead atoms. The van der Waals surface area contributed by atoms with E-state index in [-0.39, 0.29) is 18.0 Å². The summed E-state index contributed by atoms with van der Waals surface area (Å²) >= 11 is 0. The molecule has 0 atom stereocenters. The molecule has 0 saturated carbocycles. The third-order valence-corrected chi connectivity index (χ3v) is 2.73. The normalized spacial score (nSPS) is 11.8. The SMILES string of the molecule is Cc1cc(CNC(C)(C)CCO)ccc1F. The Morgan fingerprint density at radius 2 is 2.06 bits per heavy atom. The average Bonchev–Trinajstić information content (AvgIpc) is 2.20. The first-order valence-corrected chi connectivity index (χ1v) is 5.55. The highest BCUT2D eigenvalue weighted by molar-refractivity contribution is 5.23. The largest absolute Gasteiger partial charge is 0.396 e. The van der Waals surface area contributed by atoms with Crippen molar-refractivity contribution in [1.29, 1.82) is 0 Å². The third-order valence-electron chi connectivity index (χ3n) is 2.73. The van der Waals surface area contributed by atoms with Crippen LogP contribution in [0.15, 0.2) is 18.2 Å². The first kappa shape index (κ1) is 13.1. The summed E-state index contributed by atoms with van der Waals surface area (Å²) in [6.45, 7) is 6.70. The van der Waals surface area contributed by atoms with Crippen LogP contribution in [0.25, 0.3) is 0 Å². The lowest BCUT2D eigenvalue weighted by atomic mass is 10.0. The Hall–Kier alpha value is -0.930. The first-order chi connectivity index (χ1) is 7.44. The van der Waals surface area contributed by atoms with Gasteiger partial charge < -0.3 is 10.4 Å². The molecule has 1 aromatic carbocycles. The predicted molar refractivity (Wildman–Crippen MR) is 63.8 cm³/mol. The van der Waals surface area contributed by atoms with E-state index in [2.05, 4.69) is 5.32 Å². The van der Waals surface area contributed by atoms with Gasteiger partial charge in [0.05, 0.1) is 0 Å². The second kappa shape index (κ2) is 5.41. The van der Waals surface area contributed by atoms with Crippen molar-refractivity contribution in [3.8, 4) is 0 Å². The molecule has 2 N–H and O–H groups in total. The first-order valence-electron chi connectivity index (χ1n) is 5.55. The van der Waals surface area contributed by atoms with Crippen molar-refractivity contribution < 1.29 is 9.50 Å². The van der Waals surface area contributed by atoms with Crippen LogP contribution in [-0.2, 0) is 6.54 Å². The Morgan fingerprint density at radius 1 is 1.38 bits per heavy atom. The third kappa shape index (κ3) is 3.91. The molecule has 1 aromatic rings. The number of aliphatic hydroxyl groups is 1. The molecule has 0 aliphatic heterocycles. The number of rotatable bonds is 5. The summed E-state index contributed by atoms with van der Waals surface area (Å²) in [6, 6.07) is 5.12. The lowest BCUT2D eigenvalue weighted by molar-refractivity contribution is 0.230. The fraction of sp³-hybridized carbons (Fsp3) is 0.538. The zero-order chi connectivity index (χ0) is 12.2. The van der Waals surface area contributed by atoms with Crippen LogP contribution >= 0.6 is 0 Å². The maximum absolute atomic E-state index is 13.0. The highest BCUT2D eigenvalue weighted by Crippen LogP contribution is 2.12. The van der Waals surface area contributed by atoms with E-state index < -0.39 is 0 Å². The summed E-state index contributed by atoms with van der Waals surface area (Å²) < 4.78 is 13.0. The van der Waals surface area contributed by atoms with Crippen LogP contribution in [0.1, 0.15) is 31.4 Å². The van der Waals surface area contributed by atoms with Crippen LogP contribution in [0, 0.1) is 12.7 Å². The molecule has 1 rings (SSSR count). The van der Waals surface area contributed by atoms with E-state index in [0.29, 0.717) is 18.5 Å². The number of nitrogens with one attached hydrogen (secondary N) is 1. The van der Waals surface area contributed by atoms with Crippen molar-refractivity contribution in [3.63, 3.8) is 0 Å². The standard InChI is InChI=1S/C13H20FNO/c1-10-8-11(4-5-12(10)14)9-15-13(2,3)6-7-16/h4-5,8,15-16H,6-7,9H2,1-3H3. The van der Waals surface area contributed by atoms with Crippen LogP contribution in [0.3, 0.4) is 0 Å². The van der Waals surface area contributed by atoms with Crippen LogP contribution in [-0.4, -0.2) is 17.3 Å². The quantitative estimate of drug-likeness (QED) is 0.806. The summed E-state index contributed by atoms with van der Waals surface area (Å²) in [5.41, 5.74) is 1.63. The van der Waals surface area contributed by atoms with Gasteiger partial charge in [0.25, 0.3) is 0 Å². The van der Waals surface area contributed by atoms with Gasteiger partial charge in [0.2, 0.25) is 0 Å². The van der Waals surface area contributed by atoms with Crippen LogP contribution in [0.5, 0.6) is 0 Å². The zero-order valence-electron chi connectivity index (χ0n) is 10.2. The van der Waals surface area contributed by atoms with Crippen LogP contribution < -0.4 is 5.32 Å². The molecule has 0 aromatic heterocycles. The van der Waals surface area contributed by atoms with Gasteiger partial charge >= 0.3 is 0 Å². The molecule has 0 saturated heterocycles. The predicted octanol–water partition coefficient (Wildman–Crippen LogP) is 2.38. The van der Waals surface area contributed by atoms with E-state index >= 15 is 0 Å². The van der Waals surface area contributed by atoms with Gasteiger partial charge in [-0.3, -0.25) is 0 Å². The minimum absolute atomic E-state index is 0.100. The molecule has 0 spiro atoms. The molecular formula is C13H20FNO. The molecule has 0 unspecified atom stereocenters. The van der Waals surface area contributed by atoms with E-state index in [1.54, 1.807) is 13.0 Å². The van der Waals surface area contributed by atoms with Crippen LogP contribution in [0.2, 0.25) is 0 Å². The van der Waals surface area contributed by atoms with Gasteiger partial charge in [0.15, 0.2) is 0 Å². The van der Waals surface area contributed by atoms with E-state index in [1.807, 2.05) is 19.9 Å². The topological polar surface area (TPSA) is 32.3 Å². The molecule has 0 aliphatic rings. The fourth-order valence-electron chi connectivity index (χ4n) is 1.53. The van der Waals surface area contributed by atoms with Gasteiger partial charge in [-0.05, 0) is 44.4 Å². The number of aliphatic hydroxyl groups excluding tert-OH is 1. The number of halogens is 1. The van der Waals surface area contributed by atoms with E-state index in [9.17, 15) is 4.39 Å². The van der Waals surface area contributed by atoms with E-state index in [0.717, 1.165) is 5.56 Å². The molecule has 0 fully saturated rings. The average molecular weight is 225 g/mol. The van der Waals surface area contributed by atoms with Gasteiger partial charge in [-0.25, -0.2) is 4.39 Å². The highest BCUT2D eigenvalue weighted by atomic mass is 19.1. The second-order valence-electron chi connectivity index (χ2n) is 4.79. The number of aryl methyl sites for hydroxylation is 1. The number of hydrogen-bond acceptors (Lipinski definition) is 2. The van der Waals surface area contributed by atoms with Crippen molar-refractivity contribution in [2.45, 2.75) is 39.3 Å². The van der Waals surface area contributed by atoms with Gasteiger partial charge in [-0.2, -0.15) is 0 Å². The zero-order valence-corrected chi connectivity index (χ0v) is 10.2. The van der Waals surface area contributed by atoms with Crippen LogP contribution in [0.4, 0.5) is 4.39 Å². The summed E-state index contributed by atoms with van der Waals surface area (Å²) in [4.78, 5) is 0. The molecule has 0 radical (unpaired) electrons. The minimum atomic E-state index is -0.168. The lowest BCUT2D eigenvalue weighted by Gasteiger charge is -2.25. The Labute approximate surface area is 96.5 Å². The monoisotopic (exact) mass is 225 g/mol. The Bertz CT molecular complexity index is 350. The smallest absolute Gasteiger partial charge is 0.126 e. The molecule has 0 amide bonds. The fourth-order valence-corrected chi connectivity index (χ4v) is 1.53. The summed E-state index contributed by atoms with van der Waals surface area (Å²) in [7, 11) is 0. The maximum Gasteiger partial charge on any atom is 0.126 e. The van der Waals surface area contributed by atoms with Crippen molar-refractivity contribution in [2.24, 2.45) is 0 Å². The maximum atomic E-state index is 13.0. The van der Waals surface area contributed by atoms with E-state index in [1.165, 1.54) is 6.07 Å². The van der Waals surface area contributed by atoms with E-state index in [4.69, 9.17) is 5.11 Å². The molecule has 90 valence electrons. The molecule has 0 aliphatic carbocycles. The Kier molecular flexibility index (Phi) is 4.44. The van der Waals surface area contributed by atoms with Crippen molar-refractivity contribution in [1.82, 2.24) is 5.32 Å². The highest BCUT2D eigenvalue weighted by Gasteiger charge is 2.15. The van der Waals surface area contributed by atoms with Crippen molar-refractivity contribution in [3.05, 3.63) is 35.1 Å². The number of benzene rings is 1. The molecular weight excluding hydrogens is 205 g/mol. The second-order valence-corrected chi connectivity index (χ2v) is 4.79. The van der Waals surface area contributed by atoms with Crippen molar-refractivity contribution >= 4 is 0 Å². The lowest BCUT2D eigenvalue weighted by Crippen LogP contribution is -2.39. The summed E-state index contributed by atoms with van der Waals surface area (Å²) in [5.74, 6) is -0.168. The summed E-state index contributed by atoms with van der Waals surface area (Å²) in [6.07, 6.45) is 0.702. The van der Waals surface area contributed by atoms with Gasteiger partial charge in [-0.15, -0.1) is 0 Å². The Morgan fingerprint density at radius 3 is 2.62 bits per heavy atom. The molecule has 2 nitrogen and oxygen atoms in total. The van der Waals surface area contributed by atoms with Crippen molar-refractivity contribution in [2.75, 3.05) is 6.61 Å². The van der Waals surface area contributed by atoms with Gasteiger partial charge in [0, 0.05) is 18.7 Å². The molecule has 0 heterocycles.